The molecule has 1 rings (SSSR count). The molecule has 1 heterocycles. The van der Waals surface area contributed by atoms with E-state index in [9.17, 15) is 8.42 Å². The molecule has 10 heteroatoms. The van der Waals surface area contributed by atoms with Crippen LogP contribution in [0, 0.1) is 0 Å². The van der Waals surface area contributed by atoms with Crippen LogP contribution in [-0.2, 0) is 22.0 Å². The van der Waals surface area contributed by atoms with Gasteiger partial charge in [0.05, 0.1) is 12.5 Å². The first-order valence-corrected chi connectivity index (χ1v) is 10.2. The third-order valence-corrected chi connectivity index (χ3v) is 4.09. The van der Waals surface area contributed by atoms with Gasteiger partial charge in [0.25, 0.3) is 0 Å². The lowest BCUT2D eigenvalue weighted by atomic mass is 9.94. The molecule has 0 aliphatic rings. The van der Waals surface area contributed by atoms with E-state index in [0.29, 0.717) is 31.5 Å². The van der Waals surface area contributed by atoms with Crippen molar-refractivity contribution >= 4 is 40.0 Å². The van der Waals surface area contributed by atoms with E-state index >= 15 is 0 Å². The molecule has 0 saturated carbocycles. The Balaban J connectivity index is 0.00000625. The van der Waals surface area contributed by atoms with Crippen LogP contribution < -0.4 is 15.4 Å². The summed E-state index contributed by atoms with van der Waals surface area (Å²) in [5, 5.41) is 6.25. The minimum absolute atomic E-state index is 0. The predicted octanol–water partition coefficient (Wildman–Crippen LogP) is 1.97. The number of halogens is 1. The number of oxazole rings is 1. The van der Waals surface area contributed by atoms with Crippen molar-refractivity contribution < 1.29 is 12.8 Å². The van der Waals surface area contributed by atoms with E-state index in [0.717, 1.165) is 12.0 Å². The molecule has 0 unspecified atom stereocenters. The molecule has 26 heavy (non-hydrogen) atoms. The maximum absolute atomic E-state index is 11.4. The minimum atomic E-state index is -3.28. The molecule has 0 atom stereocenters. The molecule has 0 spiro atoms. The van der Waals surface area contributed by atoms with Gasteiger partial charge in [-0.3, -0.25) is 0 Å². The fraction of sp³-hybridized carbons (Fsp3) is 0.750. The van der Waals surface area contributed by atoms with E-state index in [1.54, 1.807) is 20.0 Å². The number of guanidine groups is 1. The Morgan fingerprint density at radius 2 is 1.85 bits per heavy atom. The van der Waals surface area contributed by atoms with E-state index in [1.165, 1.54) is 0 Å². The Bertz CT molecular complexity index is 693. The van der Waals surface area contributed by atoms with Crippen LogP contribution in [0.5, 0.6) is 0 Å². The highest BCUT2D eigenvalue weighted by molar-refractivity contribution is 14.0. The molecule has 0 aliphatic carbocycles. The van der Waals surface area contributed by atoms with Crippen LogP contribution in [0.3, 0.4) is 0 Å². The summed E-state index contributed by atoms with van der Waals surface area (Å²) in [5.74, 6) is 1.92. The van der Waals surface area contributed by atoms with Gasteiger partial charge in [0.15, 0.2) is 5.96 Å². The Kier molecular flexibility index (Phi) is 9.55. The van der Waals surface area contributed by atoms with Crippen molar-refractivity contribution in [3.63, 3.8) is 0 Å². The molecule has 152 valence electrons. The number of nitrogens with one attached hydrogen (secondary N) is 3. The Hall–Kier alpha value is -0.880. The smallest absolute Gasteiger partial charge is 0.216 e. The van der Waals surface area contributed by atoms with Crippen molar-refractivity contribution in [2.75, 3.05) is 19.3 Å². The minimum Gasteiger partial charge on any atom is -0.443 e. The van der Waals surface area contributed by atoms with Gasteiger partial charge >= 0.3 is 0 Å². The highest BCUT2D eigenvalue weighted by Gasteiger charge is 2.22. The number of aromatic nitrogens is 1. The highest BCUT2D eigenvalue weighted by atomic mass is 127. The van der Waals surface area contributed by atoms with E-state index in [-0.39, 0.29) is 29.4 Å². The van der Waals surface area contributed by atoms with Gasteiger partial charge in [0, 0.05) is 24.0 Å². The molecule has 0 fully saturated rings. The third-order valence-electron chi connectivity index (χ3n) is 3.17. The summed E-state index contributed by atoms with van der Waals surface area (Å²) in [4.78, 5) is 8.69. The van der Waals surface area contributed by atoms with Crippen LogP contribution in [0.15, 0.2) is 15.6 Å². The van der Waals surface area contributed by atoms with Crippen molar-refractivity contribution in [1.82, 2.24) is 20.3 Å². The van der Waals surface area contributed by atoms with Crippen molar-refractivity contribution in [3.05, 3.63) is 17.8 Å². The molecule has 1 aromatic rings. The number of hydrogen-bond donors (Lipinski definition) is 3. The van der Waals surface area contributed by atoms with Crippen molar-refractivity contribution in [2.24, 2.45) is 4.99 Å². The molecular weight excluding hydrogens is 469 g/mol. The number of nitrogens with zero attached hydrogens (tertiary/aromatic N) is 2. The molecule has 0 aromatic carbocycles. The SMILES string of the molecule is CCNC(=NCc1ncc(C(C)(C)C)o1)NCC(C)(C)NS(C)(=O)=O.I. The van der Waals surface area contributed by atoms with Gasteiger partial charge in [-0.15, -0.1) is 24.0 Å². The molecular formula is C16H32IN5O3S. The quantitative estimate of drug-likeness (QED) is 0.300. The van der Waals surface area contributed by atoms with Crippen LogP contribution in [0.2, 0.25) is 0 Å². The second-order valence-corrected chi connectivity index (χ2v) is 9.42. The predicted molar refractivity (Wildman–Crippen MR) is 115 cm³/mol. The summed E-state index contributed by atoms with van der Waals surface area (Å²) < 4.78 is 31.1. The molecule has 0 aliphatic heterocycles. The van der Waals surface area contributed by atoms with Crippen LogP contribution >= 0.6 is 24.0 Å². The van der Waals surface area contributed by atoms with Gasteiger partial charge in [-0.25, -0.2) is 23.1 Å². The first kappa shape index (κ1) is 25.1. The first-order chi connectivity index (χ1) is 11.3. The van der Waals surface area contributed by atoms with Crippen LogP contribution in [0.25, 0.3) is 0 Å². The Morgan fingerprint density at radius 3 is 2.31 bits per heavy atom. The summed E-state index contributed by atoms with van der Waals surface area (Å²) in [7, 11) is -3.28. The lowest BCUT2D eigenvalue weighted by Crippen LogP contribution is -2.53. The van der Waals surface area contributed by atoms with Crippen LogP contribution in [0.1, 0.15) is 53.2 Å². The largest absolute Gasteiger partial charge is 0.443 e. The fourth-order valence-corrected chi connectivity index (χ4v) is 3.14. The first-order valence-electron chi connectivity index (χ1n) is 8.29. The van der Waals surface area contributed by atoms with Gasteiger partial charge < -0.3 is 15.1 Å². The molecule has 0 bridgehead atoms. The van der Waals surface area contributed by atoms with Gasteiger partial charge in [-0.1, -0.05) is 20.8 Å². The molecule has 0 amide bonds. The van der Waals surface area contributed by atoms with E-state index in [1.807, 2.05) is 6.92 Å². The average molecular weight is 501 g/mol. The van der Waals surface area contributed by atoms with Crippen LogP contribution in [0.4, 0.5) is 0 Å². The van der Waals surface area contributed by atoms with Gasteiger partial charge in [-0.05, 0) is 20.8 Å². The zero-order chi connectivity index (χ0) is 19.3. The third kappa shape index (κ3) is 9.72. The van der Waals surface area contributed by atoms with Gasteiger partial charge in [0.1, 0.15) is 12.3 Å². The van der Waals surface area contributed by atoms with E-state index in [4.69, 9.17) is 4.42 Å². The van der Waals surface area contributed by atoms with Gasteiger partial charge in [-0.2, -0.15) is 0 Å². The molecule has 0 saturated heterocycles. The molecule has 8 nitrogen and oxygen atoms in total. The second kappa shape index (κ2) is 9.88. The summed E-state index contributed by atoms with van der Waals surface area (Å²) in [6.07, 6.45) is 2.87. The Morgan fingerprint density at radius 1 is 1.23 bits per heavy atom. The topological polar surface area (TPSA) is 109 Å². The monoisotopic (exact) mass is 501 g/mol. The summed E-state index contributed by atoms with van der Waals surface area (Å²) in [6.45, 7) is 13.1. The Labute approximate surface area is 174 Å². The second-order valence-electron chi connectivity index (χ2n) is 7.68. The van der Waals surface area contributed by atoms with Gasteiger partial charge in [0.2, 0.25) is 15.9 Å². The van der Waals surface area contributed by atoms with E-state index < -0.39 is 15.6 Å². The maximum Gasteiger partial charge on any atom is 0.216 e. The molecule has 3 N–H and O–H groups in total. The number of sulfonamides is 1. The summed E-state index contributed by atoms with van der Waals surface area (Å²) in [6, 6.07) is 0. The zero-order valence-corrected chi connectivity index (χ0v) is 19.8. The van der Waals surface area contributed by atoms with Crippen LogP contribution in [-0.4, -0.2) is 44.2 Å². The average Bonchev–Trinajstić information content (AvgIpc) is 2.88. The summed E-state index contributed by atoms with van der Waals surface area (Å²) >= 11 is 0. The van der Waals surface area contributed by atoms with E-state index in [2.05, 4.69) is 46.1 Å². The lowest BCUT2D eigenvalue weighted by Gasteiger charge is -2.26. The van der Waals surface area contributed by atoms with Crippen molar-refractivity contribution in [1.29, 1.82) is 0 Å². The van der Waals surface area contributed by atoms with Crippen molar-refractivity contribution in [3.8, 4) is 0 Å². The maximum atomic E-state index is 11.4. The standard InChI is InChI=1S/C16H31N5O3S.HI/c1-8-17-14(20-11-16(5,6)21-25(7,22)23)19-10-13-18-9-12(24-13)15(2,3)4;/h9,21H,8,10-11H2,1-7H3,(H2,17,19,20);1H. The molecule has 0 radical (unpaired) electrons. The number of rotatable bonds is 7. The number of hydrogen-bond acceptors (Lipinski definition) is 5. The highest BCUT2D eigenvalue weighted by Crippen LogP contribution is 2.22. The number of aliphatic imine (C=N–C) groups is 1. The fourth-order valence-electron chi connectivity index (χ4n) is 2.06. The molecule has 1 aromatic heterocycles. The lowest BCUT2D eigenvalue weighted by molar-refractivity contribution is 0.383. The summed E-state index contributed by atoms with van der Waals surface area (Å²) in [5.41, 5.74) is -0.745. The van der Waals surface area contributed by atoms with Crippen molar-refractivity contribution in [2.45, 2.75) is 59.0 Å². The normalized spacial score (nSPS) is 13.3. The zero-order valence-electron chi connectivity index (χ0n) is 16.6.